The van der Waals surface area contributed by atoms with Crippen LogP contribution >= 0.6 is 0 Å². The van der Waals surface area contributed by atoms with Crippen molar-refractivity contribution in [3.8, 4) is 0 Å². The van der Waals surface area contributed by atoms with E-state index in [1.165, 1.54) is 0 Å². The van der Waals surface area contributed by atoms with Gasteiger partial charge in [-0.25, -0.2) is 0 Å². The molecule has 1 unspecified atom stereocenters. The maximum Gasteiger partial charge on any atom is 0.178 e. The third kappa shape index (κ3) is 1.77. The molecule has 0 spiro atoms. The van der Waals surface area contributed by atoms with Gasteiger partial charge in [-0.1, -0.05) is 0 Å². The van der Waals surface area contributed by atoms with Crippen LogP contribution in [0.5, 0.6) is 0 Å². The quantitative estimate of drug-likeness (QED) is 0.456. The maximum absolute atomic E-state index is 9.39. The predicted octanol–water partition coefficient (Wildman–Crippen LogP) is -2.16. The van der Waals surface area contributed by atoms with Crippen LogP contribution in [0.3, 0.4) is 0 Å². The molecule has 2 heterocycles. The number of fused-ring (bicyclic) bond motifs is 1. The topological polar surface area (TPSA) is 88.4 Å². The lowest BCUT2D eigenvalue weighted by atomic mass is 10.1. The Balaban J connectivity index is 1.90. The van der Waals surface area contributed by atoms with Crippen molar-refractivity contribution < 1.29 is 29.5 Å². The second-order valence-corrected chi connectivity index (χ2v) is 3.48. The Bertz CT molecular complexity index is 198. The molecule has 2 fully saturated rings. The zero-order valence-electron chi connectivity index (χ0n) is 7.57. The summed E-state index contributed by atoms with van der Waals surface area (Å²) in [5.41, 5.74) is 0. The fourth-order valence-electron chi connectivity index (χ4n) is 1.81. The lowest BCUT2D eigenvalue weighted by Gasteiger charge is -2.19. The highest BCUT2D eigenvalue weighted by Gasteiger charge is 2.48. The van der Waals surface area contributed by atoms with E-state index in [1.807, 2.05) is 0 Å². The Hall–Kier alpha value is -0.240. The zero-order chi connectivity index (χ0) is 10.1. The van der Waals surface area contributed by atoms with Gasteiger partial charge in [0.15, 0.2) is 6.29 Å². The van der Waals surface area contributed by atoms with Crippen LogP contribution in [-0.4, -0.2) is 65.8 Å². The first kappa shape index (κ1) is 10.3. The summed E-state index contributed by atoms with van der Waals surface area (Å²) in [6, 6.07) is 0. The molecule has 14 heavy (non-hydrogen) atoms. The van der Waals surface area contributed by atoms with E-state index in [-0.39, 0.29) is 25.4 Å². The SMILES string of the molecule is OCC(O)O[C@H]1CO[C@H]2[C@@H]1OC[C@H]2O. The first-order valence-electron chi connectivity index (χ1n) is 4.58. The van der Waals surface area contributed by atoms with Crippen LogP contribution in [-0.2, 0) is 14.2 Å². The first-order chi connectivity index (χ1) is 6.72. The van der Waals surface area contributed by atoms with Crippen molar-refractivity contribution in [1.82, 2.24) is 0 Å². The standard InChI is InChI=1S/C8H14O6/c9-1-6(11)14-5-3-13-7-4(10)2-12-8(5)7/h4-11H,1-3H2/t4-,5+,6?,7-,8-/m1/s1. The number of hydrogen-bond acceptors (Lipinski definition) is 6. The van der Waals surface area contributed by atoms with Crippen LogP contribution in [0.15, 0.2) is 0 Å². The Labute approximate surface area is 81.0 Å². The van der Waals surface area contributed by atoms with Gasteiger partial charge in [0.05, 0.1) is 19.8 Å². The summed E-state index contributed by atoms with van der Waals surface area (Å²) in [5.74, 6) is 0. The number of aliphatic hydroxyl groups is 3. The van der Waals surface area contributed by atoms with Crippen LogP contribution < -0.4 is 0 Å². The molecule has 2 aliphatic rings. The lowest BCUT2D eigenvalue weighted by Crippen LogP contribution is -2.36. The Morgan fingerprint density at radius 2 is 2.00 bits per heavy atom. The fourth-order valence-corrected chi connectivity index (χ4v) is 1.81. The molecule has 0 radical (unpaired) electrons. The van der Waals surface area contributed by atoms with Crippen molar-refractivity contribution in [3.05, 3.63) is 0 Å². The summed E-state index contributed by atoms with van der Waals surface area (Å²) in [4.78, 5) is 0. The van der Waals surface area contributed by atoms with Gasteiger partial charge in [-0.3, -0.25) is 0 Å². The van der Waals surface area contributed by atoms with Gasteiger partial charge in [-0.05, 0) is 0 Å². The Morgan fingerprint density at radius 1 is 1.29 bits per heavy atom. The van der Waals surface area contributed by atoms with Gasteiger partial charge < -0.3 is 29.5 Å². The van der Waals surface area contributed by atoms with E-state index in [0.717, 1.165) is 0 Å². The molecule has 82 valence electrons. The molecule has 0 amide bonds. The number of ether oxygens (including phenoxy) is 3. The first-order valence-corrected chi connectivity index (χ1v) is 4.58. The summed E-state index contributed by atoms with van der Waals surface area (Å²) in [7, 11) is 0. The van der Waals surface area contributed by atoms with E-state index in [0.29, 0.717) is 0 Å². The van der Waals surface area contributed by atoms with E-state index < -0.39 is 25.1 Å². The third-order valence-electron chi connectivity index (χ3n) is 2.47. The van der Waals surface area contributed by atoms with Crippen LogP contribution in [0.25, 0.3) is 0 Å². The minimum atomic E-state index is -1.22. The van der Waals surface area contributed by atoms with Crippen LogP contribution in [0.2, 0.25) is 0 Å². The van der Waals surface area contributed by atoms with E-state index in [2.05, 4.69) is 0 Å². The Morgan fingerprint density at radius 3 is 2.71 bits per heavy atom. The smallest absolute Gasteiger partial charge is 0.178 e. The average Bonchev–Trinajstić information content (AvgIpc) is 2.72. The Kier molecular flexibility index (Phi) is 3.01. The molecule has 0 saturated carbocycles. The van der Waals surface area contributed by atoms with Gasteiger partial charge in [0.1, 0.15) is 24.4 Å². The fraction of sp³-hybridized carbons (Fsp3) is 1.00. The van der Waals surface area contributed by atoms with Gasteiger partial charge in [0.2, 0.25) is 0 Å². The minimum absolute atomic E-state index is 0.227. The summed E-state index contributed by atoms with van der Waals surface area (Å²) >= 11 is 0. The van der Waals surface area contributed by atoms with Crippen LogP contribution in [0.1, 0.15) is 0 Å². The van der Waals surface area contributed by atoms with Crippen molar-refractivity contribution in [2.24, 2.45) is 0 Å². The normalized spacial score (nSPS) is 43.9. The number of aliphatic hydroxyl groups excluding tert-OH is 3. The van der Waals surface area contributed by atoms with Gasteiger partial charge in [-0.15, -0.1) is 0 Å². The molecule has 0 bridgehead atoms. The molecule has 6 heteroatoms. The van der Waals surface area contributed by atoms with Crippen LogP contribution in [0.4, 0.5) is 0 Å². The molecular weight excluding hydrogens is 192 g/mol. The third-order valence-corrected chi connectivity index (χ3v) is 2.47. The van der Waals surface area contributed by atoms with Crippen molar-refractivity contribution in [2.75, 3.05) is 19.8 Å². The monoisotopic (exact) mass is 206 g/mol. The maximum atomic E-state index is 9.39. The second-order valence-electron chi connectivity index (χ2n) is 3.48. The molecule has 2 aliphatic heterocycles. The van der Waals surface area contributed by atoms with Gasteiger partial charge in [0, 0.05) is 0 Å². The molecule has 0 aromatic heterocycles. The van der Waals surface area contributed by atoms with E-state index >= 15 is 0 Å². The number of hydrogen-bond donors (Lipinski definition) is 3. The van der Waals surface area contributed by atoms with Gasteiger partial charge in [-0.2, -0.15) is 0 Å². The summed E-state index contributed by atoms with van der Waals surface area (Å²) in [5, 5.41) is 27.0. The highest BCUT2D eigenvalue weighted by molar-refractivity contribution is 4.95. The molecule has 2 saturated heterocycles. The molecule has 6 nitrogen and oxygen atoms in total. The highest BCUT2D eigenvalue weighted by Crippen LogP contribution is 2.29. The summed E-state index contributed by atoms with van der Waals surface area (Å²) in [6.07, 6.45) is -2.97. The number of rotatable bonds is 3. The van der Waals surface area contributed by atoms with E-state index in [4.69, 9.17) is 24.4 Å². The molecular formula is C8H14O6. The predicted molar refractivity (Wildman–Crippen MR) is 43.5 cm³/mol. The minimum Gasteiger partial charge on any atom is -0.391 e. The molecule has 5 atom stereocenters. The van der Waals surface area contributed by atoms with Gasteiger partial charge >= 0.3 is 0 Å². The van der Waals surface area contributed by atoms with Crippen molar-refractivity contribution >= 4 is 0 Å². The molecule has 0 aromatic rings. The largest absolute Gasteiger partial charge is 0.391 e. The van der Waals surface area contributed by atoms with E-state index in [1.54, 1.807) is 0 Å². The molecule has 0 aliphatic carbocycles. The highest BCUT2D eigenvalue weighted by atomic mass is 16.7. The molecule has 3 N–H and O–H groups in total. The summed E-state index contributed by atoms with van der Waals surface area (Å²) < 4.78 is 15.6. The van der Waals surface area contributed by atoms with Gasteiger partial charge in [0.25, 0.3) is 0 Å². The summed E-state index contributed by atoms with van der Waals surface area (Å²) in [6.45, 7) is 0.0321. The molecule has 0 aromatic carbocycles. The van der Waals surface area contributed by atoms with Crippen molar-refractivity contribution in [2.45, 2.75) is 30.7 Å². The average molecular weight is 206 g/mol. The second kappa shape index (κ2) is 4.09. The van der Waals surface area contributed by atoms with Crippen molar-refractivity contribution in [3.63, 3.8) is 0 Å². The van der Waals surface area contributed by atoms with Crippen molar-refractivity contribution in [1.29, 1.82) is 0 Å². The van der Waals surface area contributed by atoms with Crippen LogP contribution in [0, 0.1) is 0 Å². The van der Waals surface area contributed by atoms with E-state index in [9.17, 15) is 5.11 Å². The molecule has 2 rings (SSSR count). The lowest BCUT2D eigenvalue weighted by molar-refractivity contribution is -0.175. The zero-order valence-corrected chi connectivity index (χ0v) is 7.57.